The molecule has 1 aromatic carbocycles. The van der Waals surface area contributed by atoms with Gasteiger partial charge in [0.1, 0.15) is 11.9 Å². The van der Waals surface area contributed by atoms with E-state index in [0.29, 0.717) is 31.5 Å². The van der Waals surface area contributed by atoms with Crippen LogP contribution in [0.3, 0.4) is 0 Å². The van der Waals surface area contributed by atoms with Gasteiger partial charge in [0.2, 0.25) is 0 Å². The number of likely N-dealkylation sites (tertiary alicyclic amines) is 1. The quantitative estimate of drug-likeness (QED) is 0.633. The van der Waals surface area contributed by atoms with Crippen LogP contribution in [0.15, 0.2) is 18.2 Å². The molecule has 0 saturated carbocycles. The molecule has 1 fully saturated rings. The van der Waals surface area contributed by atoms with E-state index in [9.17, 15) is 21.8 Å². The van der Waals surface area contributed by atoms with E-state index in [1.165, 1.54) is 24.0 Å². The number of nitrogens with one attached hydrogen (secondary N) is 1. The van der Waals surface area contributed by atoms with E-state index < -0.39 is 33.8 Å². The summed E-state index contributed by atoms with van der Waals surface area (Å²) in [6.07, 6.45) is -3.24. The number of halogens is 5. The van der Waals surface area contributed by atoms with Crippen molar-refractivity contribution in [3.63, 3.8) is 0 Å². The highest BCUT2D eigenvalue weighted by molar-refractivity contribution is 7.84. The predicted octanol–water partition coefficient (Wildman–Crippen LogP) is 5.23. The fourth-order valence-corrected chi connectivity index (χ4v) is 4.38. The summed E-state index contributed by atoms with van der Waals surface area (Å²) in [5.74, 6) is -0.584. The fraction of sp³-hybridized carbons (Fsp3) is 0.684. The highest BCUT2D eigenvalue weighted by atomic mass is 35.5. The Hall–Kier alpha value is -0.700. The molecular formula is C19H27ClF4N2OS. The smallest absolute Gasteiger partial charge is 0.292 e. The van der Waals surface area contributed by atoms with Crippen LogP contribution in [-0.4, -0.2) is 39.2 Å². The third-order valence-electron chi connectivity index (χ3n) is 5.16. The second-order valence-corrected chi connectivity index (χ2v) is 10.6. The SMILES string of the molecule is CC(N1CCC(C(NS(=O)C(C)(C)C)c2ccc(F)c(Cl)c2)CC1)C(F)(F)F. The molecule has 1 aromatic rings. The molecule has 9 heteroatoms. The van der Waals surface area contributed by atoms with Crippen molar-refractivity contribution < 1.29 is 21.8 Å². The van der Waals surface area contributed by atoms with Crippen LogP contribution in [-0.2, 0) is 11.0 Å². The molecule has 1 aliphatic heterocycles. The van der Waals surface area contributed by atoms with Gasteiger partial charge in [0, 0.05) is 6.04 Å². The number of benzene rings is 1. The summed E-state index contributed by atoms with van der Waals surface area (Å²) in [4.78, 5) is 1.42. The third-order valence-corrected chi connectivity index (χ3v) is 7.03. The van der Waals surface area contributed by atoms with E-state index >= 15 is 0 Å². The van der Waals surface area contributed by atoms with Gasteiger partial charge in [-0.2, -0.15) is 13.2 Å². The molecule has 1 saturated heterocycles. The molecule has 0 aliphatic carbocycles. The van der Waals surface area contributed by atoms with Crippen molar-refractivity contribution in [2.75, 3.05) is 13.1 Å². The Kier molecular flexibility index (Phi) is 7.56. The minimum Gasteiger partial charge on any atom is -0.292 e. The molecule has 1 heterocycles. The second-order valence-electron chi connectivity index (χ2n) is 8.24. The Labute approximate surface area is 171 Å². The Bertz CT molecular complexity index is 700. The monoisotopic (exact) mass is 442 g/mol. The molecule has 2 rings (SSSR count). The zero-order valence-electron chi connectivity index (χ0n) is 16.4. The van der Waals surface area contributed by atoms with E-state index in [4.69, 9.17) is 11.6 Å². The van der Waals surface area contributed by atoms with Crippen LogP contribution in [0.5, 0.6) is 0 Å². The van der Waals surface area contributed by atoms with Crippen molar-refractivity contribution in [2.45, 2.75) is 63.5 Å². The second kappa shape index (κ2) is 8.98. The van der Waals surface area contributed by atoms with E-state index in [0.717, 1.165) is 0 Å². The van der Waals surface area contributed by atoms with Gasteiger partial charge in [0.05, 0.1) is 20.8 Å². The standard InChI is InChI=1S/C19H27ClF4N2OS/c1-12(19(22,23)24)26-9-7-13(8-10-26)17(25-28(27)18(2,3)4)14-5-6-16(21)15(20)11-14/h5-6,11-13,17,25H,7-10H2,1-4H3. The first kappa shape index (κ1) is 23.6. The number of piperidine rings is 1. The molecule has 160 valence electrons. The molecular weight excluding hydrogens is 416 g/mol. The zero-order valence-corrected chi connectivity index (χ0v) is 18.0. The Morgan fingerprint density at radius 3 is 2.25 bits per heavy atom. The maximum absolute atomic E-state index is 13.6. The molecule has 0 spiro atoms. The lowest BCUT2D eigenvalue weighted by molar-refractivity contribution is -0.182. The molecule has 28 heavy (non-hydrogen) atoms. The number of rotatable bonds is 5. The Balaban J connectivity index is 2.21. The van der Waals surface area contributed by atoms with Crippen LogP contribution in [0.25, 0.3) is 0 Å². The average molecular weight is 443 g/mol. The van der Waals surface area contributed by atoms with Gasteiger partial charge in [-0.05, 0) is 77.2 Å². The summed E-state index contributed by atoms with van der Waals surface area (Å²) in [6.45, 7) is 7.25. The van der Waals surface area contributed by atoms with Crippen molar-refractivity contribution in [3.05, 3.63) is 34.6 Å². The van der Waals surface area contributed by atoms with Crippen molar-refractivity contribution in [3.8, 4) is 0 Å². The van der Waals surface area contributed by atoms with Gasteiger partial charge in [-0.1, -0.05) is 17.7 Å². The van der Waals surface area contributed by atoms with Crippen LogP contribution < -0.4 is 4.72 Å². The number of nitrogens with zero attached hydrogens (tertiary/aromatic N) is 1. The van der Waals surface area contributed by atoms with E-state index in [1.54, 1.807) is 6.07 Å². The van der Waals surface area contributed by atoms with Crippen LogP contribution >= 0.6 is 11.6 Å². The lowest BCUT2D eigenvalue weighted by atomic mass is 9.85. The molecule has 1 aliphatic rings. The summed E-state index contributed by atoms with van der Waals surface area (Å²) in [5.41, 5.74) is 0.686. The average Bonchev–Trinajstić information content (AvgIpc) is 2.60. The van der Waals surface area contributed by atoms with Crippen molar-refractivity contribution in [1.29, 1.82) is 0 Å². The number of alkyl halides is 3. The van der Waals surface area contributed by atoms with Gasteiger partial charge in [-0.3, -0.25) is 4.90 Å². The largest absolute Gasteiger partial charge is 0.403 e. The van der Waals surface area contributed by atoms with Crippen LogP contribution in [0, 0.1) is 11.7 Å². The third kappa shape index (κ3) is 5.90. The zero-order chi connectivity index (χ0) is 21.3. The Morgan fingerprint density at radius 1 is 1.21 bits per heavy atom. The summed E-state index contributed by atoms with van der Waals surface area (Å²) in [5, 5.41) is -0.0334. The Morgan fingerprint density at radius 2 is 1.79 bits per heavy atom. The van der Waals surface area contributed by atoms with Crippen molar-refractivity contribution in [2.24, 2.45) is 5.92 Å². The van der Waals surface area contributed by atoms with Crippen LogP contribution in [0.4, 0.5) is 17.6 Å². The number of hydrogen-bond acceptors (Lipinski definition) is 2. The predicted molar refractivity (Wildman–Crippen MR) is 105 cm³/mol. The lowest BCUT2D eigenvalue weighted by Crippen LogP contribution is -2.49. The highest BCUT2D eigenvalue weighted by Gasteiger charge is 2.42. The molecule has 3 nitrogen and oxygen atoms in total. The van der Waals surface area contributed by atoms with Gasteiger partial charge in [-0.25, -0.2) is 13.3 Å². The maximum atomic E-state index is 13.6. The van der Waals surface area contributed by atoms with Gasteiger partial charge in [0.25, 0.3) is 0 Å². The van der Waals surface area contributed by atoms with E-state index in [-0.39, 0.29) is 17.0 Å². The lowest BCUT2D eigenvalue weighted by Gasteiger charge is -2.40. The summed E-state index contributed by atoms with van der Waals surface area (Å²) < 4.78 is 67.8. The summed E-state index contributed by atoms with van der Waals surface area (Å²) in [7, 11) is -1.39. The van der Waals surface area contributed by atoms with Gasteiger partial charge >= 0.3 is 6.18 Å². The highest BCUT2D eigenvalue weighted by Crippen LogP contribution is 2.36. The molecule has 0 amide bonds. The van der Waals surface area contributed by atoms with Gasteiger partial charge in [0.15, 0.2) is 0 Å². The fourth-order valence-electron chi connectivity index (χ4n) is 3.28. The van der Waals surface area contributed by atoms with Crippen molar-refractivity contribution in [1.82, 2.24) is 9.62 Å². The first-order chi connectivity index (χ1) is 12.8. The minimum absolute atomic E-state index is 0.0334. The van der Waals surface area contributed by atoms with Crippen LogP contribution in [0.2, 0.25) is 5.02 Å². The molecule has 0 aromatic heterocycles. The normalized spacial score (nSPS) is 20.8. The maximum Gasteiger partial charge on any atom is 0.403 e. The molecule has 0 bridgehead atoms. The number of hydrogen-bond donors (Lipinski definition) is 1. The van der Waals surface area contributed by atoms with Gasteiger partial charge in [-0.15, -0.1) is 0 Å². The van der Waals surface area contributed by atoms with Gasteiger partial charge < -0.3 is 0 Å². The van der Waals surface area contributed by atoms with E-state index in [2.05, 4.69) is 4.72 Å². The van der Waals surface area contributed by atoms with E-state index in [1.807, 2.05) is 20.8 Å². The summed E-state index contributed by atoms with van der Waals surface area (Å²) in [6, 6.07) is 2.46. The topological polar surface area (TPSA) is 32.3 Å². The molecule has 1 N–H and O–H groups in total. The molecule has 3 atom stereocenters. The van der Waals surface area contributed by atoms with Crippen LogP contribution in [0.1, 0.15) is 52.1 Å². The molecule has 0 radical (unpaired) electrons. The first-order valence-electron chi connectivity index (χ1n) is 9.24. The molecule has 3 unspecified atom stereocenters. The minimum atomic E-state index is -4.26. The first-order valence-corrected chi connectivity index (χ1v) is 10.8. The van der Waals surface area contributed by atoms with Crippen molar-refractivity contribution >= 4 is 22.6 Å². The summed E-state index contributed by atoms with van der Waals surface area (Å²) >= 11 is 5.93.